The highest BCUT2D eigenvalue weighted by atomic mass is 31.2. The van der Waals surface area contributed by atoms with E-state index < -0.39 is 7.60 Å². The summed E-state index contributed by atoms with van der Waals surface area (Å²) in [6, 6.07) is 15.5. The van der Waals surface area contributed by atoms with Crippen molar-refractivity contribution in [2.24, 2.45) is 0 Å². The Balaban J connectivity index is 2.29. The summed E-state index contributed by atoms with van der Waals surface area (Å²) in [5, 5.41) is 5.41. The van der Waals surface area contributed by atoms with E-state index in [0.29, 0.717) is 18.6 Å². The monoisotopic (exact) mass is 344 g/mol. The fourth-order valence-corrected chi connectivity index (χ4v) is 4.52. The van der Waals surface area contributed by atoms with Crippen molar-refractivity contribution in [1.29, 1.82) is 0 Å². The minimum absolute atomic E-state index is 0.296. The average Bonchev–Trinajstić information content (AvgIpc) is 2.96. The molecule has 126 valence electrons. The van der Waals surface area contributed by atoms with Crippen molar-refractivity contribution in [1.82, 2.24) is 9.78 Å². The van der Waals surface area contributed by atoms with Gasteiger partial charge in [-0.2, -0.15) is 5.10 Å². The predicted octanol–water partition coefficient (Wildman–Crippen LogP) is 4.23. The number of rotatable bonds is 6. The van der Waals surface area contributed by atoms with Crippen molar-refractivity contribution in [3.05, 3.63) is 54.1 Å². The molecule has 0 fully saturated rings. The lowest BCUT2D eigenvalue weighted by Gasteiger charge is -2.18. The molecule has 0 radical (unpaired) electrons. The first-order chi connectivity index (χ1) is 11.6. The predicted molar refractivity (Wildman–Crippen MR) is 96.3 cm³/mol. The SMILES string of the molecule is CCOP(=O)(OCC)c1c2ccccc2nn1-c1ccc(C)cc1. The van der Waals surface area contributed by atoms with E-state index >= 15 is 0 Å². The lowest BCUT2D eigenvalue weighted by Crippen LogP contribution is -2.20. The number of aryl methyl sites for hydroxylation is 1. The van der Waals surface area contributed by atoms with Crippen LogP contribution in [0.3, 0.4) is 0 Å². The molecule has 0 aliphatic rings. The Morgan fingerprint density at radius 2 is 1.62 bits per heavy atom. The van der Waals surface area contributed by atoms with Gasteiger partial charge in [-0.3, -0.25) is 4.57 Å². The van der Waals surface area contributed by atoms with Crippen LogP contribution in [0.4, 0.5) is 0 Å². The number of hydrogen-bond donors (Lipinski definition) is 0. The highest BCUT2D eigenvalue weighted by molar-refractivity contribution is 7.62. The van der Waals surface area contributed by atoms with E-state index in [2.05, 4.69) is 5.10 Å². The molecule has 0 saturated heterocycles. The van der Waals surface area contributed by atoms with Gasteiger partial charge in [0.2, 0.25) is 0 Å². The van der Waals surface area contributed by atoms with Gasteiger partial charge in [0.1, 0.15) is 0 Å². The molecule has 3 rings (SSSR count). The van der Waals surface area contributed by atoms with Gasteiger partial charge in [-0.25, -0.2) is 4.68 Å². The highest BCUT2D eigenvalue weighted by Crippen LogP contribution is 2.48. The van der Waals surface area contributed by atoms with Crippen LogP contribution in [0, 0.1) is 6.92 Å². The molecule has 0 saturated carbocycles. The molecule has 0 N–H and O–H groups in total. The summed E-state index contributed by atoms with van der Waals surface area (Å²) in [7, 11) is -3.48. The zero-order valence-electron chi connectivity index (χ0n) is 14.1. The Hall–Kier alpha value is -1.94. The summed E-state index contributed by atoms with van der Waals surface area (Å²) in [6.07, 6.45) is 0. The van der Waals surface area contributed by atoms with E-state index in [4.69, 9.17) is 9.05 Å². The minimum Gasteiger partial charge on any atom is -0.304 e. The quantitative estimate of drug-likeness (QED) is 0.628. The van der Waals surface area contributed by atoms with Gasteiger partial charge in [0.05, 0.1) is 24.4 Å². The van der Waals surface area contributed by atoms with Gasteiger partial charge in [-0.05, 0) is 39.0 Å². The number of nitrogens with zero attached hydrogens (tertiary/aromatic N) is 2. The molecule has 5 nitrogen and oxygen atoms in total. The Kier molecular flexibility index (Phi) is 4.86. The molecule has 0 aliphatic heterocycles. The van der Waals surface area contributed by atoms with Gasteiger partial charge in [-0.1, -0.05) is 35.9 Å². The lowest BCUT2D eigenvalue weighted by atomic mass is 10.2. The smallest absolute Gasteiger partial charge is 0.304 e. The number of aromatic nitrogens is 2. The Morgan fingerprint density at radius 3 is 2.25 bits per heavy atom. The van der Waals surface area contributed by atoms with Gasteiger partial charge in [0, 0.05) is 5.39 Å². The molecule has 0 unspecified atom stereocenters. The molecule has 0 bridgehead atoms. The highest BCUT2D eigenvalue weighted by Gasteiger charge is 2.34. The number of benzene rings is 2. The van der Waals surface area contributed by atoms with Crippen molar-refractivity contribution in [2.75, 3.05) is 13.2 Å². The molecule has 3 aromatic rings. The lowest BCUT2D eigenvalue weighted by molar-refractivity contribution is 0.229. The summed E-state index contributed by atoms with van der Waals surface area (Å²) < 4.78 is 26.3. The van der Waals surface area contributed by atoms with Crippen molar-refractivity contribution < 1.29 is 13.6 Å². The second-order valence-corrected chi connectivity index (χ2v) is 7.36. The summed E-state index contributed by atoms with van der Waals surface area (Å²) in [5.41, 5.74) is 3.21. The number of hydrogen-bond acceptors (Lipinski definition) is 4. The first-order valence-corrected chi connectivity index (χ1v) is 9.58. The van der Waals surface area contributed by atoms with E-state index in [0.717, 1.165) is 22.2 Å². The maximum Gasteiger partial charge on any atom is 0.380 e. The summed E-state index contributed by atoms with van der Waals surface area (Å²) in [6.45, 7) is 6.23. The van der Waals surface area contributed by atoms with Crippen LogP contribution in [-0.4, -0.2) is 23.0 Å². The Morgan fingerprint density at radius 1 is 1.00 bits per heavy atom. The molecule has 6 heteroatoms. The molecule has 1 heterocycles. The van der Waals surface area contributed by atoms with Crippen molar-refractivity contribution in [2.45, 2.75) is 20.8 Å². The third-order valence-electron chi connectivity index (χ3n) is 3.69. The molecule has 1 aromatic heterocycles. The second-order valence-electron chi connectivity index (χ2n) is 5.42. The largest absolute Gasteiger partial charge is 0.380 e. The van der Waals surface area contributed by atoms with Crippen LogP contribution in [0.5, 0.6) is 0 Å². The maximum absolute atomic E-state index is 13.4. The number of fused-ring (bicyclic) bond motifs is 1. The maximum atomic E-state index is 13.4. The van der Waals surface area contributed by atoms with Gasteiger partial charge in [-0.15, -0.1) is 0 Å². The van der Waals surface area contributed by atoms with Gasteiger partial charge < -0.3 is 9.05 Å². The van der Waals surface area contributed by atoms with E-state index in [1.165, 1.54) is 0 Å². The van der Waals surface area contributed by atoms with Crippen LogP contribution in [0.1, 0.15) is 19.4 Å². The zero-order chi connectivity index (χ0) is 17.2. The molecule has 2 aromatic carbocycles. The van der Waals surface area contributed by atoms with Crippen LogP contribution in [0.15, 0.2) is 48.5 Å². The normalized spacial score (nSPS) is 12.0. The van der Waals surface area contributed by atoms with E-state index in [1.807, 2.05) is 55.5 Å². The summed E-state index contributed by atoms with van der Waals surface area (Å²) in [5.74, 6) is 0. The van der Waals surface area contributed by atoms with E-state index in [-0.39, 0.29) is 0 Å². The minimum atomic E-state index is -3.48. The van der Waals surface area contributed by atoms with Crippen molar-refractivity contribution in [3.8, 4) is 5.69 Å². The van der Waals surface area contributed by atoms with E-state index in [1.54, 1.807) is 18.5 Å². The molecule has 0 atom stereocenters. The zero-order valence-corrected chi connectivity index (χ0v) is 15.0. The van der Waals surface area contributed by atoms with Crippen LogP contribution < -0.4 is 5.44 Å². The Labute approximate surface area is 141 Å². The topological polar surface area (TPSA) is 53.4 Å². The van der Waals surface area contributed by atoms with Crippen LogP contribution in [-0.2, 0) is 13.6 Å². The first kappa shape index (κ1) is 16.9. The molecule has 0 aliphatic carbocycles. The van der Waals surface area contributed by atoms with Crippen LogP contribution in [0.2, 0.25) is 0 Å². The van der Waals surface area contributed by atoms with Gasteiger partial charge in [0.25, 0.3) is 0 Å². The molecule has 24 heavy (non-hydrogen) atoms. The standard InChI is InChI=1S/C18H21N2O3P/c1-4-22-24(21,23-5-2)18-16-8-6-7-9-17(16)19-20(18)15-12-10-14(3)11-13-15/h6-13H,4-5H2,1-3H3. The van der Waals surface area contributed by atoms with Gasteiger partial charge in [0.15, 0.2) is 5.44 Å². The Bertz CT molecular complexity index is 877. The van der Waals surface area contributed by atoms with E-state index in [9.17, 15) is 4.57 Å². The first-order valence-electron chi connectivity index (χ1n) is 8.03. The summed E-state index contributed by atoms with van der Waals surface area (Å²) >= 11 is 0. The third-order valence-corrected chi connectivity index (χ3v) is 5.83. The van der Waals surface area contributed by atoms with Crippen molar-refractivity contribution in [3.63, 3.8) is 0 Å². The fraction of sp³-hybridized carbons (Fsp3) is 0.278. The molecular weight excluding hydrogens is 323 g/mol. The van der Waals surface area contributed by atoms with Crippen LogP contribution >= 0.6 is 7.60 Å². The third kappa shape index (κ3) is 3.03. The molecule has 0 spiro atoms. The summed E-state index contributed by atoms with van der Waals surface area (Å²) in [4.78, 5) is 0. The van der Waals surface area contributed by atoms with Crippen molar-refractivity contribution >= 4 is 23.9 Å². The average molecular weight is 344 g/mol. The van der Waals surface area contributed by atoms with Gasteiger partial charge >= 0.3 is 7.60 Å². The second kappa shape index (κ2) is 6.89. The molecular formula is C18H21N2O3P. The van der Waals surface area contributed by atoms with Crippen LogP contribution in [0.25, 0.3) is 16.6 Å². The fourth-order valence-electron chi connectivity index (χ4n) is 2.65. The molecule has 0 amide bonds.